The molecule has 220 valence electrons. The van der Waals surface area contributed by atoms with E-state index in [4.69, 9.17) is 4.74 Å². The van der Waals surface area contributed by atoms with E-state index in [2.05, 4.69) is 67.5 Å². The zero-order valence-corrected chi connectivity index (χ0v) is 26.9. The van der Waals surface area contributed by atoms with Crippen molar-refractivity contribution in [3.8, 4) is 0 Å². The van der Waals surface area contributed by atoms with Gasteiger partial charge in [0.2, 0.25) is 0 Å². The molecule has 0 fully saturated rings. The summed E-state index contributed by atoms with van der Waals surface area (Å²) in [4.78, 5) is 12.3. The van der Waals surface area contributed by atoms with Gasteiger partial charge in [0.05, 0.1) is 6.61 Å². The summed E-state index contributed by atoms with van der Waals surface area (Å²) in [5.74, 6) is -0.0328. The maximum absolute atomic E-state index is 12.3. The molecule has 0 spiro atoms. The molecule has 0 heterocycles. The van der Waals surface area contributed by atoms with Crippen LogP contribution in [0.25, 0.3) is 0 Å². The lowest BCUT2D eigenvalue weighted by atomic mass is 9.75. The van der Waals surface area contributed by atoms with E-state index in [1.165, 1.54) is 112 Å². The summed E-state index contributed by atoms with van der Waals surface area (Å²) < 4.78 is 5.61. The highest BCUT2D eigenvalue weighted by molar-refractivity contribution is 5.69. The summed E-state index contributed by atoms with van der Waals surface area (Å²) in [5, 5.41) is 0. The third-order valence-electron chi connectivity index (χ3n) is 7.97. The standard InChI is InChI=1S/C36H64O2/c1-9-10-11-12-13-14-15-16-17-18-19-20-21-22-23-24-25-34(37)38-27-26-31-28-32(35(3,4)5)30(2)33(29-31)36(6,7)8/h28-29H,9-27H2,1-8H3. The molecule has 0 atom stereocenters. The highest BCUT2D eigenvalue weighted by Crippen LogP contribution is 2.34. The van der Waals surface area contributed by atoms with E-state index in [9.17, 15) is 4.79 Å². The van der Waals surface area contributed by atoms with E-state index < -0.39 is 0 Å². The van der Waals surface area contributed by atoms with Crippen molar-refractivity contribution in [2.75, 3.05) is 6.61 Å². The van der Waals surface area contributed by atoms with E-state index in [1.807, 2.05) is 0 Å². The van der Waals surface area contributed by atoms with Crippen molar-refractivity contribution < 1.29 is 9.53 Å². The first-order valence-electron chi connectivity index (χ1n) is 16.3. The van der Waals surface area contributed by atoms with Crippen LogP contribution in [0.2, 0.25) is 0 Å². The minimum Gasteiger partial charge on any atom is -0.465 e. The molecule has 1 aromatic carbocycles. The minimum atomic E-state index is -0.0328. The lowest BCUT2D eigenvalue weighted by Crippen LogP contribution is -2.20. The number of rotatable bonds is 20. The number of carbonyl (C=O) groups excluding carboxylic acids is 1. The van der Waals surface area contributed by atoms with Crippen LogP contribution in [-0.2, 0) is 26.8 Å². The molecule has 0 aliphatic rings. The normalized spacial score (nSPS) is 12.2. The third-order valence-corrected chi connectivity index (χ3v) is 7.97. The molecule has 1 aromatic rings. The monoisotopic (exact) mass is 528 g/mol. The molecule has 0 aliphatic heterocycles. The first-order valence-corrected chi connectivity index (χ1v) is 16.3. The molecule has 0 radical (unpaired) electrons. The van der Waals surface area contributed by atoms with Gasteiger partial charge in [0.1, 0.15) is 0 Å². The number of unbranched alkanes of at least 4 members (excludes halogenated alkanes) is 15. The Labute approximate surface area is 238 Å². The van der Waals surface area contributed by atoms with Gasteiger partial charge in [0.25, 0.3) is 0 Å². The highest BCUT2D eigenvalue weighted by atomic mass is 16.5. The molecule has 0 unspecified atom stereocenters. The van der Waals surface area contributed by atoms with Gasteiger partial charge in [0, 0.05) is 12.8 Å². The van der Waals surface area contributed by atoms with Gasteiger partial charge in [-0.25, -0.2) is 0 Å². The van der Waals surface area contributed by atoms with Gasteiger partial charge >= 0.3 is 5.97 Å². The fourth-order valence-electron chi connectivity index (χ4n) is 5.65. The second-order valence-electron chi connectivity index (χ2n) is 13.8. The second-order valence-corrected chi connectivity index (χ2v) is 13.8. The van der Waals surface area contributed by atoms with Gasteiger partial charge in [-0.2, -0.15) is 0 Å². The predicted octanol–water partition coefficient (Wildman–Crippen LogP) is 11.3. The fourth-order valence-corrected chi connectivity index (χ4v) is 5.65. The Hall–Kier alpha value is -1.31. The van der Waals surface area contributed by atoms with Crippen LogP contribution >= 0.6 is 0 Å². The molecule has 2 nitrogen and oxygen atoms in total. The van der Waals surface area contributed by atoms with Gasteiger partial charge in [-0.1, -0.05) is 157 Å². The van der Waals surface area contributed by atoms with Crippen molar-refractivity contribution in [3.63, 3.8) is 0 Å². The Bertz CT molecular complexity index is 728. The van der Waals surface area contributed by atoms with Crippen LogP contribution in [0.3, 0.4) is 0 Å². The molecule has 38 heavy (non-hydrogen) atoms. The van der Waals surface area contributed by atoms with E-state index in [0.717, 1.165) is 19.3 Å². The topological polar surface area (TPSA) is 26.3 Å². The summed E-state index contributed by atoms with van der Waals surface area (Å²) in [7, 11) is 0. The van der Waals surface area contributed by atoms with Crippen molar-refractivity contribution in [1.82, 2.24) is 0 Å². The van der Waals surface area contributed by atoms with Crippen molar-refractivity contribution in [1.29, 1.82) is 0 Å². The van der Waals surface area contributed by atoms with Crippen molar-refractivity contribution in [2.45, 2.75) is 182 Å². The van der Waals surface area contributed by atoms with Crippen molar-refractivity contribution in [3.05, 3.63) is 34.4 Å². The summed E-state index contributed by atoms with van der Waals surface area (Å²) in [6, 6.07) is 4.65. The van der Waals surface area contributed by atoms with Crippen LogP contribution in [-0.4, -0.2) is 12.6 Å². The minimum absolute atomic E-state index is 0.0328. The number of benzene rings is 1. The zero-order chi connectivity index (χ0) is 28.4. The maximum atomic E-state index is 12.3. The first kappa shape index (κ1) is 34.7. The van der Waals surface area contributed by atoms with Crippen LogP contribution in [0.15, 0.2) is 12.1 Å². The number of esters is 1. The molecule has 0 saturated carbocycles. The molecule has 2 heteroatoms. The SMILES string of the molecule is CCCCCCCCCCCCCCCCCCC(=O)OCCc1cc(C(C)(C)C)c(C)c(C(C)(C)C)c1. The fraction of sp³-hybridized carbons (Fsp3) is 0.806. The average molecular weight is 529 g/mol. The summed E-state index contributed by atoms with van der Waals surface area (Å²) in [5.41, 5.74) is 5.68. The number of carbonyl (C=O) groups is 1. The van der Waals surface area contributed by atoms with Gasteiger partial charge in [-0.05, 0) is 46.4 Å². The number of hydrogen-bond donors (Lipinski definition) is 0. The van der Waals surface area contributed by atoms with Crippen molar-refractivity contribution >= 4 is 5.97 Å². The Kier molecular flexibility index (Phi) is 17.3. The molecular weight excluding hydrogens is 464 g/mol. The molecular formula is C36H64O2. The lowest BCUT2D eigenvalue weighted by Gasteiger charge is -2.30. The molecule has 0 amide bonds. The zero-order valence-electron chi connectivity index (χ0n) is 26.9. The second kappa shape index (κ2) is 18.9. The van der Waals surface area contributed by atoms with Gasteiger partial charge < -0.3 is 4.74 Å². The van der Waals surface area contributed by atoms with Gasteiger partial charge in [-0.15, -0.1) is 0 Å². The Balaban J connectivity index is 2.13. The smallest absolute Gasteiger partial charge is 0.305 e. The largest absolute Gasteiger partial charge is 0.465 e. The quantitative estimate of drug-likeness (QED) is 0.124. The predicted molar refractivity (Wildman–Crippen MR) is 167 cm³/mol. The first-order chi connectivity index (χ1) is 18.0. The lowest BCUT2D eigenvalue weighted by molar-refractivity contribution is -0.143. The van der Waals surface area contributed by atoms with Crippen LogP contribution < -0.4 is 0 Å². The van der Waals surface area contributed by atoms with Gasteiger partial charge in [0.15, 0.2) is 0 Å². The van der Waals surface area contributed by atoms with E-state index in [0.29, 0.717) is 13.0 Å². The number of ether oxygens (including phenoxy) is 1. The molecule has 0 aromatic heterocycles. The van der Waals surface area contributed by atoms with Gasteiger partial charge in [-0.3, -0.25) is 4.79 Å². The molecule has 0 N–H and O–H groups in total. The summed E-state index contributed by atoms with van der Waals surface area (Å²) in [6.07, 6.45) is 22.9. The Morgan fingerprint density at radius 3 is 1.37 bits per heavy atom. The van der Waals surface area contributed by atoms with E-state index >= 15 is 0 Å². The molecule has 1 rings (SSSR count). The van der Waals surface area contributed by atoms with Crippen LogP contribution in [0.5, 0.6) is 0 Å². The van der Waals surface area contributed by atoms with E-state index in [1.54, 1.807) is 0 Å². The molecule has 0 saturated heterocycles. The van der Waals surface area contributed by atoms with Crippen LogP contribution in [0.1, 0.15) is 180 Å². The average Bonchev–Trinajstić information content (AvgIpc) is 2.83. The summed E-state index contributed by atoms with van der Waals surface area (Å²) in [6.45, 7) is 18.7. The molecule has 0 bridgehead atoms. The Morgan fingerprint density at radius 1 is 0.632 bits per heavy atom. The van der Waals surface area contributed by atoms with Crippen molar-refractivity contribution in [2.24, 2.45) is 0 Å². The van der Waals surface area contributed by atoms with Crippen LogP contribution in [0.4, 0.5) is 0 Å². The Morgan fingerprint density at radius 2 is 1.00 bits per heavy atom. The maximum Gasteiger partial charge on any atom is 0.305 e. The highest BCUT2D eigenvalue weighted by Gasteiger charge is 2.24. The van der Waals surface area contributed by atoms with E-state index in [-0.39, 0.29) is 16.8 Å². The molecule has 0 aliphatic carbocycles. The third kappa shape index (κ3) is 15.3. The van der Waals surface area contributed by atoms with Crippen LogP contribution in [0, 0.1) is 6.92 Å². The number of hydrogen-bond acceptors (Lipinski definition) is 2. The summed E-state index contributed by atoms with van der Waals surface area (Å²) >= 11 is 0.